The van der Waals surface area contributed by atoms with E-state index in [1.54, 1.807) is 6.07 Å². The van der Waals surface area contributed by atoms with Crippen LogP contribution >= 0.6 is 0 Å². The molecule has 1 aromatic carbocycles. The number of aryl methyl sites for hydroxylation is 1. The Hall–Kier alpha value is -2.08. The summed E-state index contributed by atoms with van der Waals surface area (Å²) in [5.74, 6) is -0.860. The Bertz CT molecular complexity index is 523. The van der Waals surface area contributed by atoms with Crippen LogP contribution in [-0.2, 0) is 14.3 Å². The molecule has 0 unspecified atom stereocenters. The molecule has 0 atom stereocenters. The maximum absolute atomic E-state index is 12.0. The lowest BCUT2D eigenvalue weighted by Gasteiger charge is -2.33. The molecule has 6 heteroatoms. The van der Waals surface area contributed by atoms with Gasteiger partial charge in [-0.05, 0) is 18.6 Å². The van der Waals surface area contributed by atoms with E-state index >= 15 is 0 Å². The molecule has 0 saturated carbocycles. The van der Waals surface area contributed by atoms with Gasteiger partial charge >= 0.3 is 5.97 Å². The number of para-hydroxylation sites is 1. The number of benzene rings is 1. The third-order valence-corrected chi connectivity index (χ3v) is 3.59. The van der Waals surface area contributed by atoms with Crippen molar-refractivity contribution in [1.29, 1.82) is 0 Å². The molecular formula is C15H19NO5. The lowest BCUT2D eigenvalue weighted by atomic mass is 9.90. The highest BCUT2D eigenvalue weighted by molar-refractivity contribution is 5.87. The van der Waals surface area contributed by atoms with E-state index in [2.05, 4.69) is 5.32 Å². The molecule has 0 radical (unpaired) electrons. The second kappa shape index (κ2) is 6.58. The van der Waals surface area contributed by atoms with Crippen LogP contribution in [0.1, 0.15) is 18.4 Å². The summed E-state index contributed by atoms with van der Waals surface area (Å²) in [4.78, 5) is 23.4. The van der Waals surface area contributed by atoms with Crippen molar-refractivity contribution in [3.05, 3.63) is 29.8 Å². The van der Waals surface area contributed by atoms with Gasteiger partial charge in [0.1, 0.15) is 11.3 Å². The fraction of sp³-hybridized carbons (Fsp3) is 0.467. The SMILES string of the molecule is Cc1ccccc1OCC(=O)NC1(C(=O)O)CCOCC1. The van der Waals surface area contributed by atoms with Crippen LogP contribution in [0.4, 0.5) is 0 Å². The van der Waals surface area contributed by atoms with Crippen molar-refractivity contribution in [3.63, 3.8) is 0 Å². The molecule has 2 N–H and O–H groups in total. The van der Waals surface area contributed by atoms with E-state index in [4.69, 9.17) is 9.47 Å². The molecule has 2 rings (SSSR count). The number of carboxylic acids is 1. The van der Waals surface area contributed by atoms with E-state index in [-0.39, 0.29) is 19.4 Å². The number of aliphatic carboxylic acids is 1. The summed E-state index contributed by atoms with van der Waals surface area (Å²) in [5, 5.41) is 11.9. The predicted molar refractivity (Wildman–Crippen MR) is 75.2 cm³/mol. The summed E-state index contributed by atoms with van der Waals surface area (Å²) in [6.07, 6.45) is 0.525. The summed E-state index contributed by atoms with van der Waals surface area (Å²) < 4.78 is 10.6. The minimum Gasteiger partial charge on any atom is -0.484 e. The maximum Gasteiger partial charge on any atom is 0.329 e. The second-order valence-corrected chi connectivity index (χ2v) is 5.10. The molecule has 1 heterocycles. The minimum absolute atomic E-state index is 0.208. The Balaban J connectivity index is 1.94. The zero-order valence-electron chi connectivity index (χ0n) is 11.9. The van der Waals surface area contributed by atoms with Crippen molar-refractivity contribution in [1.82, 2.24) is 5.32 Å². The summed E-state index contributed by atoms with van der Waals surface area (Å²) in [6, 6.07) is 7.34. The molecule has 21 heavy (non-hydrogen) atoms. The highest BCUT2D eigenvalue weighted by Crippen LogP contribution is 2.21. The molecule has 1 aromatic rings. The number of carbonyl (C=O) groups is 2. The molecule has 0 aromatic heterocycles. The van der Waals surface area contributed by atoms with Crippen LogP contribution in [0.5, 0.6) is 5.75 Å². The van der Waals surface area contributed by atoms with Gasteiger partial charge in [-0.25, -0.2) is 4.79 Å². The predicted octanol–water partition coefficient (Wildman–Crippen LogP) is 1.12. The third kappa shape index (κ3) is 3.72. The molecule has 0 spiro atoms. The van der Waals surface area contributed by atoms with Crippen LogP contribution < -0.4 is 10.1 Å². The lowest BCUT2D eigenvalue weighted by Crippen LogP contribution is -2.58. The number of amides is 1. The third-order valence-electron chi connectivity index (χ3n) is 3.59. The Labute approximate surface area is 123 Å². The molecule has 1 fully saturated rings. The molecular weight excluding hydrogens is 274 g/mol. The zero-order valence-corrected chi connectivity index (χ0v) is 11.9. The number of carboxylic acid groups (broad SMARTS) is 1. The van der Waals surface area contributed by atoms with Crippen molar-refractivity contribution in [2.24, 2.45) is 0 Å². The molecule has 0 bridgehead atoms. The first kappa shape index (κ1) is 15.3. The van der Waals surface area contributed by atoms with Gasteiger partial charge in [-0.15, -0.1) is 0 Å². The number of hydrogen-bond donors (Lipinski definition) is 2. The van der Waals surface area contributed by atoms with Gasteiger partial charge in [0.2, 0.25) is 0 Å². The summed E-state index contributed by atoms with van der Waals surface area (Å²) in [7, 11) is 0. The fourth-order valence-corrected chi connectivity index (χ4v) is 2.28. The van der Waals surface area contributed by atoms with Gasteiger partial charge in [0.15, 0.2) is 6.61 Å². The Morgan fingerprint density at radius 3 is 2.62 bits per heavy atom. The van der Waals surface area contributed by atoms with Crippen LogP contribution in [0.2, 0.25) is 0 Å². The van der Waals surface area contributed by atoms with E-state index in [0.717, 1.165) is 5.56 Å². The number of carbonyl (C=O) groups excluding carboxylic acids is 1. The van der Waals surface area contributed by atoms with E-state index in [9.17, 15) is 14.7 Å². The highest BCUT2D eigenvalue weighted by Gasteiger charge is 2.41. The molecule has 1 saturated heterocycles. The van der Waals surface area contributed by atoms with Crippen molar-refractivity contribution in [2.75, 3.05) is 19.8 Å². The fourth-order valence-electron chi connectivity index (χ4n) is 2.28. The molecule has 0 aliphatic carbocycles. The van der Waals surface area contributed by atoms with Gasteiger partial charge in [0, 0.05) is 26.1 Å². The Kier molecular flexibility index (Phi) is 4.80. The first-order chi connectivity index (χ1) is 10.0. The number of hydrogen-bond acceptors (Lipinski definition) is 4. The first-order valence-corrected chi connectivity index (χ1v) is 6.84. The standard InChI is InChI=1S/C15H19NO5/c1-11-4-2-3-5-12(11)21-10-13(17)16-15(14(18)19)6-8-20-9-7-15/h2-5H,6-10H2,1H3,(H,16,17)(H,18,19). The maximum atomic E-state index is 12.0. The van der Waals surface area contributed by atoms with E-state index in [1.165, 1.54) is 0 Å². The summed E-state index contributed by atoms with van der Waals surface area (Å²) in [6.45, 7) is 2.32. The van der Waals surface area contributed by atoms with Gasteiger partial charge in [-0.2, -0.15) is 0 Å². The summed E-state index contributed by atoms with van der Waals surface area (Å²) >= 11 is 0. The number of ether oxygens (including phenoxy) is 2. The Morgan fingerprint density at radius 1 is 1.33 bits per heavy atom. The smallest absolute Gasteiger partial charge is 0.329 e. The van der Waals surface area contributed by atoms with Gasteiger partial charge in [0.25, 0.3) is 5.91 Å². The molecule has 1 amide bonds. The van der Waals surface area contributed by atoms with Crippen molar-refractivity contribution < 1.29 is 24.2 Å². The average molecular weight is 293 g/mol. The monoisotopic (exact) mass is 293 g/mol. The highest BCUT2D eigenvalue weighted by atomic mass is 16.5. The Morgan fingerprint density at radius 2 is 2.00 bits per heavy atom. The lowest BCUT2D eigenvalue weighted by molar-refractivity contribution is -0.152. The zero-order chi connectivity index (χ0) is 15.3. The first-order valence-electron chi connectivity index (χ1n) is 6.84. The van der Waals surface area contributed by atoms with Gasteiger partial charge < -0.3 is 19.9 Å². The van der Waals surface area contributed by atoms with Gasteiger partial charge in [-0.3, -0.25) is 4.79 Å². The minimum atomic E-state index is -1.25. The van der Waals surface area contributed by atoms with Crippen LogP contribution in [0.25, 0.3) is 0 Å². The molecule has 1 aliphatic rings. The largest absolute Gasteiger partial charge is 0.484 e. The number of nitrogens with one attached hydrogen (secondary N) is 1. The van der Waals surface area contributed by atoms with Crippen LogP contribution in [0.3, 0.4) is 0 Å². The average Bonchev–Trinajstić information content (AvgIpc) is 2.47. The second-order valence-electron chi connectivity index (χ2n) is 5.10. The van der Waals surface area contributed by atoms with E-state index in [1.807, 2.05) is 25.1 Å². The molecule has 114 valence electrons. The molecule has 1 aliphatic heterocycles. The van der Waals surface area contributed by atoms with Crippen LogP contribution in [-0.4, -0.2) is 42.3 Å². The van der Waals surface area contributed by atoms with E-state index in [0.29, 0.717) is 19.0 Å². The number of rotatable bonds is 5. The van der Waals surface area contributed by atoms with Crippen molar-refractivity contribution in [2.45, 2.75) is 25.3 Å². The van der Waals surface area contributed by atoms with Crippen LogP contribution in [0, 0.1) is 6.92 Å². The molecule has 6 nitrogen and oxygen atoms in total. The van der Waals surface area contributed by atoms with Crippen molar-refractivity contribution >= 4 is 11.9 Å². The van der Waals surface area contributed by atoms with Crippen molar-refractivity contribution in [3.8, 4) is 5.75 Å². The van der Waals surface area contributed by atoms with Crippen LogP contribution in [0.15, 0.2) is 24.3 Å². The normalized spacial score (nSPS) is 17.0. The topological polar surface area (TPSA) is 84.9 Å². The summed E-state index contributed by atoms with van der Waals surface area (Å²) in [5.41, 5.74) is -0.325. The van der Waals surface area contributed by atoms with Gasteiger partial charge in [0.05, 0.1) is 0 Å². The van der Waals surface area contributed by atoms with Gasteiger partial charge in [-0.1, -0.05) is 18.2 Å². The van der Waals surface area contributed by atoms with E-state index < -0.39 is 17.4 Å². The quantitative estimate of drug-likeness (QED) is 0.850.